The van der Waals surface area contributed by atoms with Crippen molar-refractivity contribution in [1.82, 2.24) is 4.98 Å². The summed E-state index contributed by atoms with van der Waals surface area (Å²) in [6.45, 7) is -0.214. The van der Waals surface area contributed by atoms with E-state index in [1.54, 1.807) is 0 Å². The second-order valence-corrected chi connectivity index (χ2v) is 5.09. The molecule has 0 amide bonds. The summed E-state index contributed by atoms with van der Waals surface area (Å²) >= 11 is 0. The zero-order valence-electron chi connectivity index (χ0n) is 12.9. The molecule has 0 spiro atoms. The predicted molar refractivity (Wildman–Crippen MR) is 88.6 cm³/mol. The minimum absolute atomic E-state index is 0.0796. The number of nitro benzene ring substituents is 1. The van der Waals surface area contributed by atoms with Gasteiger partial charge in [0.2, 0.25) is 5.89 Å². The third-order valence-electron chi connectivity index (χ3n) is 3.41. The van der Waals surface area contributed by atoms with E-state index in [2.05, 4.69) is 4.98 Å². The van der Waals surface area contributed by atoms with Gasteiger partial charge in [0.1, 0.15) is 0 Å². The molecule has 1 aromatic heterocycles. The molecule has 0 unspecified atom stereocenters. The summed E-state index contributed by atoms with van der Waals surface area (Å²) in [7, 11) is 0. The molecule has 0 bridgehead atoms. The molecule has 8 heteroatoms. The number of carbonyl (C=O) groups is 1. The monoisotopic (exact) mass is 339 g/mol. The molecule has 8 nitrogen and oxygen atoms in total. The molecule has 3 rings (SSSR count). The van der Waals surface area contributed by atoms with Crippen molar-refractivity contribution in [2.75, 3.05) is 5.73 Å². The van der Waals surface area contributed by atoms with Crippen LogP contribution in [0.5, 0.6) is 0 Å². The van der Waals surface area contributed by atoms with Gasteiger partial charge in [0, 0.05) is 23.4 Å². The van der Waals surface area contributed by atoms with Gasteiger partial charge in [0.15, 0.2) is 12.4 Å². The molecule has 0 aliphatic carbocycles. The standard InChI is InChI=1S/C17H13N3O5/c18-14-7-6-12(20(22)23)8-13(14)17(21)24-10-16-19-9-15(25-16)11-4-2-1-3-5-11/h1-9H,10,18H2. The van der Waals surface area contributed by atoms with Crippen LogP contribution in [0.25, 0.3) is 11.3 Å². The van der Waals surface area contributed by atoms with E-state index < -0.39 is 10.9 Å². The average molecular weight is 339 g/mol. The van der Waals surface area contributed by atoms with Gasteiger partial charge >= 0.3 is 5.97 Å². The Morgan fingerprint density at radius 3 is 2.72 bits per heavy atom. The first-order valence-corrected chi connectivity index (χ1v) is 7.26. The van der Waals surface area contributed by atoms with E-state index in [0.29, 0.717) is 5.76 Å². The van der Waals surface area contributed by atoms with Crippen LogP contribution < -0.4 is 5.73 Å². The van der Waals surface area contributed by atoms with E-state index in [1.807, 2.05) is 30.3 Å². The van der Waals surface area contributed by atoms with Crippen molar-refractivity contribution in [2.45, 2.75) is 6.61 Å². The molecule has 0 radical (unpaired) electrons. The molecule has 25 heavy (non-hydrogen) atoms. The summed E-state index contributed by atoms with van der Waals surface area (Å²) in [5.74, 6) is -0.0432. The normalized spacial score (nSPS) is 10.4. The highest BCUT2D eigenvalue weighted by atomic mass is 16.6. The number of esters is 1. The molecule has 0 aliphatic rings. The Morgan fingerprint density at radius 1 is 1.24 bits per heavy atom. The number of oxazole rings is 1. The number of hydrogen-bond donors (Lipinski definition) is 1. The maximum atomic E-state index is 12.1. The topological polar surface area (TPSA) is 121 Å². The smallest absolute Gasteiger partial charge is 0.341 e. The number of aromatic nitrogens is 1. The molecular weight excluding hydrogens is 326 g/mol. The molecule has 0 saturated heterocycles. The van der Waals surface area contributed by atoms with Gasteiger partial charge in [0.25, 0.3) is 5.69 Å². The van der Waals surface area contributed by atoms with Gasteiger partial charge in [-0.3, -0.25) is 10.1 Å². The van der Waals surface area contributed by atoms with Gasteiger partial charge in [0.05, 0.1) is 16.7 Å². The van der Waals surface area contributed by atoms with Gasteiger partial charge in [-0.15, -0.1) is 0 Å². The van der Waals surface area contributed by atoms with Gasteiger partial charge in [-0.05, 0) is 6.07 Å². The Bertz CT molecular complexity index is 921. The highest BCUT2D eigenvalue weighted by molar-refractivity contribution is 5.95. The summed E-state index contributed by atoms with van der Waals surface area (Å²) in [6.07, 6.45) is 1.53. The summed E-state index contributed by atoms with van der Waals surface area (Å²) in [6, 6.07) is 12.9. The number of non-ortho nitro benzene ring substituents is 1. The third-order valence-corrected chi connectivity index (χ3v) is 3.41. The fourth-order valence-corrected chi connectivity index (χ4v) is 2.15. The van der Waals surface area contributed by atoms with Gasteiger partial charge in [-0.1, -0.05) is 30.3 Å². The maximum absolute atomic E-state index is 12.1. The Morgan fingerprint density at radius 2 is 2.00 bits per heavy atom. The zero-order chi connectivity index (χ0) is 17.8. The number of nitrogens with zero attached hydrogens (tertiary/aromatic N) is 2. The maximum Gasteiger partial charge on any atom is 0.341 e. The van der Waals surface area contributed by atoms with E-state index >= 15 is 0 Å². The quantitative estimate of drug-likeness (QED) is 0.328. The Labute approximate surface area is 142 Å². The van der Waals surface area contributed by atoms with Crippen molar-refractivity contribution in [3.63, 3.8) is 0 Å². The molecule has 126 valence electrons. The van der Waals surface area contributed by atoms with E-state index in [9.17, 15) is 14.9 Å². The second-order valence-electron chi connectivity index (χ2n) is 5.09. The van der Waals surface area contributed by atoms with Crippen molar-refractivity contribution >= 4 is 17.3 Å². The minimum atomic E-state index is -0.791. The summed E-state index contributed by atoms with van der Waals surface area (Å²) in [5.41, 5.74) is 6.28. The highest BCUT2D eigenvalue weighted by Crippen LogP contribution is 2.22. The van der Waals surface area contributed by atoms with Crippen LogP contribution in [0.3, 0.4) is 0 Å². The van der Waals surface area contributed by atoms with Crippen molar-refractivity contribution in [2.24, 2.45) is 0 Å². The molecule has 2 aromatic carbocycles. The number of nitro groups is 1. The van der Waals surface area contributed by atoms with Crippen LogP contribution in [-0.4, -0.2) is 15.9 Å². The SMILES string of the molecule is Nc1ccc([N+](=O)[O-])cc1C(=O)OCc1ncc(-c2ccccc2)o1. The van der Waals surface area contributed by atoms with Crippen molar-refractivity contribution in [3.05, 3.63) is 76.3 Å². The van der Waals surface area contributed by atoms with Crippen LogP contribution in [0.4, 0.5) is 11.4 Å². The Balaban J connectivity index is 1.70. The third kappa shape index (κ3) is 3.63. The van der Waals surface area contributed by atoms with Crippen LogP contribution in [0, 0.1) is 10.1 Å². The molecular formula is C17H13N3O5. The minimum Gasteiger partial charge on any atom is -0.452 e. The van der Waals surface area contributed by atoms with Crippen LogP contribution in [0.2, 0.25) is 0 Å². The van der Waals surface area contributed by atoms with Crippen molar-refractivity contribution < 1.29 is 18.9 Å². The number of ether oxygens (including phenoxy) is 1. The van der Waals surface area contributed by atoms with E-state index in [1.165, 1.54) is 18.3 Å². The molecule has 2 N–H and O–H groups in total. The number of nitrogens with two attached hydrogens (primary N) is 1. The molecule has 3 aromatic rings. The molecule has 0 atom stereocenters. The number of hydrogen-bond acceptors (Lipinski definition) is 7. The van der Waals surface area contributed by atoms with E-state index in [-0.39, 0.29) is 29.4 Å². The zero-order valence-corrected chi connectivity index (χ0v) is 12.9. The van der Waals surface area contributed by atoms with E-state index in [4.69, 9.17) is 14.9 Å². The number of nitrogen functional groups attached to an aromatic ring is 1. The first kappa shape index (κ1) is 16.2. The first-order valence-electron chi connectivity index (χ1n) is 7.26. The van der Waals surface area contributed by atoms with Crippen LogP contribution in [-0.2, 0) is 11.3 Å². The number of carbonyl (C=O) groups excluding carboxylic acids is 1. The van der Waals surface area contributed by atoms with E-state index in [0.717, 1.165) is 11.6 Å². The lowest BCUT2D eigenvalue weighted by molar-refractivity contribution is -0.384. The van der Waals surface area contributed by atoms with Crippen LogP contribution in [0.1, 0.15) is 16.2 Å². The van der Waals surface area contributed by atoms with Gasteiger partial charge in [-0.2, -0.15) is 0 Å². The summed E-state index contributed by atoms with van der Waals surface area (Å²) in [4.78, 5) is 26.3. The number of anilines is 1. The first-order chi connectivity index (χ1) is 12.0. The lowest BCUT2D eigenvalue weighted by Gasteiger charge is -2.05. The summed E-state index contributed by atoms with van der Waals surface area (Å²) < 4.78 is 10.6. The molecule has 1 heterocycles. The number of benzene rings is 2. The van der Waals surface area contributed by atoms with Gasteiger partial charge in [-0.25, -0.2) is 9.78 Å². The second kappa shape index (κ2) is 6.83. The Hall–Kier alpha value is -3.68. The molecule has 0 aliphatic heterocycles. The average Bonchev–Trinajstić information content (AvgIpc) is 3.09. The lowest BCUT2D eigenvalue weighted by Crippen LogP contribution is -2.09. The Kier molecular flexibility index (Phi) is 4.42. The highest BCUT2D eigenvalue weighted by Gasteiger charge is 2.17. The van der Waals surface area contributed by atoms with Crippen molar-refractivity contribution in [3.8, 4) is 11.3 Å². The van der Waals surface area contributed by atoms with Crippen LogP contribution in [0.15, 0.2) is 59.1 Å². The molecule has 0 fully saturated rings. The largest absolute Gasteiger partial charge is 0.452 e. The summed E-state index contributed by atoms with van der Waals surface area (Å²) in [5, 5.41) is 10.8. The fraction of sp³-hybridized carbons (Fsp3) is 0.0588. The van der Waals surface area contributed by atoms with Gasteiger partial charge < -0.3 is 14.9 Å². The fourth-order valence-electron chi connectivity index (χ4n) is 2.15. The number of rotatable bonds is 5. The van der Waals surface area contributed by atoms with Crippen molar-refractivity contribution in [1.29, 1.82) is 0 Å². The lowest BCUT2D eigenvalue weighted by atomic mass is 10.1. The van der Waals surface area contributed by atoms with Crippen LogP contribution >= 0.6 is 0 Å². The molecule has 0 saturated carbocycles. The predicted octanol–water partition coefficient (Wildman–Crippen LogP) is 3.19.